The van der Waals surface area contributed by atoms with Crippen LogP contribution in [-0.4, -0.2) is 17.0 Å². The average Bonchev–Trinajstić information content (AvgIpc) is 3.27. The van der Waals surface area contributed by atoms with Crippen molar-refractivity contribution in [2.24, 2.45) is 5.10 Å². The van der Waals surface area contributed by atoms with E-state index >= 15 is 0 Å². The maximum atomic E-state index is 11.7. The number of rotatable bonds is 5. The lowest BCUT2D eigenvalue weighted by molar-refractivity contribution is -0.384. The summed E-state index contributed by atoms with van der Waals surface area (Å²) < 4.78 is 5.55. The van der Waals surface area contributed by atoms with E-state index in [1.54, 1.807) is 29.6 Å². The summed E-state index contributed by atoms with van der Waals surface area (Å²) in [5.41, 5.74) is 2.70. The molecule has 0 bridgehead atoms. The summed E-state index contributed by atoms with van der Waals surface area (Å²) in [4.78, 5) is 22.7. The number of hydrazone groups is 1. The first kappa shape index (κ1) is 16.9. The molecule has 0 aliphatic carbocycles. The Kier molecular flexibility index (Phi) is 4.92. The summed E-state index contributed by atoms with van der Waals surface area (Å²) in [6.07, 6.45) is 1.33. The predicted octanol–water partition coefficient (Wildman–Crippen LogP) is 4.33. The smallest absolute Gasteiger partial charge is 0.281 e. The van der Waals surface area contributed by atoms with Gasteiger partial charge in [0.15, 0.2) is 0 Å². The second-order valence-electron chi connectivity index (χ2n) is 4.80. The molecule has 1 amide bonds. The molecule has 3 aromatic rings. The Balaban J connectivity index is 1.74. The minimum atomic E-state index is -0.509. The first-order valence-corrected chi connectivity index (χ1v) is 8.21. The maximum Gasteiger partial charge on any atom is 0.281 e. The van der Waals surface area contributed by atoms with Crippen molar-refractivity contribution in [2.45, 2.75) is 0 Å². The molecule has 2 heterocycles. The Morgan fingerprint density at radius 3 is 2.88 bits per heavy atom. The van der Waals surface area contributed by atoms with Crippen molar-refractivity contribution in [1.82, 2.24) is 5.43 Å². The van der Waals surface area contributed by atoms with E-state index in [9.17, 15) is 14.9 Å². The van der Waals surface area contributed by atoms with Crippen LogP contribution < -0.4 is 5.43 Å². The molecular weight excluding hydrogens is 366 g/mol. The largest absolute Gasteiger partial charge is 0.455 e. The normalized spacial score (nSPS) is 10.9. The monoisotopic (exact) mass is 375 g/mol. The first-order valence-electron chi connectivity index (χ1n) is 6.95. The van der Waals surface area contributed by atoms with Gasteiger partial charge in [-0.1, -0.05) is 17.7 Å². The molecule has 0 aliphatic rings. The number of hydrogen-bond acceptors (Lipinski definition) is 6. The Labute approximate surface area is 150 Å². The Bertz CT molecular complexity index is 950. The molecule has 0 saturated carbocycles. The van der Waals surface area contributed by atoms with Crippen LogP contribution in [0.3, 0.4) is 0 Å². The van der Waals surface area contributed by atoms with Gasteiger partial charge in [0.2, 0.25) is 0 Å². The second kappa shape index (κ2) is 7.29. The third-order valence-corrected chi connectivity index (χ3v) is 4.35. The lowest BCUT2D eigenvalue weighted by Gasteiger charge is -2.00. The molecule has 0 saturated heterocycles. The highest BCUT2D eigenvalue weighted by molar-refractivity contribution is 7.12. The molecule has 9 heteroatoms. The van der Waals surface area contributed by atoms with Crippen molar-refractivity contribution in [3.8, 4) is 11.3 Å². The van der Waals surface area contributed by atoms with Gasteiger partial charge in [-0.15, -0.1) is 11.3 Å². The molecule has 0 fully saturated rings. The van der Waals surface area contributed by atoms with Gasteiger partial charge in [-0.3, -0.25) is 14.9 Å². The van der Waals surface area contributed by atoms with Crippen LogP contribution in [0.4, 0.5) is 5.69 Å². The van der Waals surface area contributed by atoms with Crippen molar-refractivity contribution in [1.29, 1.82) is 0 Å². The Morgan fingerprint density at radius 2 is 2.16 bits per heavy atom. The number of carbonyl (C=O) groups is 1. The number of nitro benzene ring substituents is 1. The van der Waals surface area contributed by atoms with Gasteiger partial charge >= 0.3 is 0 Å². The van der Waals surface area contributed by atoms with Crippen molar-refractivity contribution in [3.63, 3.8) is 0 Å². The fraction of sp³-hybridized carbons (Fsp3) is 0. The third kappa shape index (κ3) is 3.93. The van der Waals surface area contributed by atoms with E-state index in [2.05, 4.69) is 10.5 Å². The number of halogens is 1. The highest BCUT2D eigenvalue weighted by Crippen LogP contribution is 2.32. The molecule has 0 atom stereocenters. The molecule has 0 radical (unpaired) electrons. The standard InChI is InChI=1S/C16H10ClN3O4S/c17-13-5-3-10(20(22)23)8-12(13)14-6-4-11(24-14)9-18-19-16(21)15-2-1-7-25-15/h1-9H,(H,19,21)/b18-9-. The van der Waals surface area contributed by atoms with E-state index in [4.69, 9.17) is 16.0 Å². The van der Waals surface area contributed by atoms with Crippen molar-refractivity contribution >= 4 is 40.7 Å². The molecule has 3 rings (SSSR count). The van der Waals surface area contributed by atoms with Crippen LogP contribution in [0.25, 0.3) is 11.3 Å². The van der Waals surface area contributed by atoms with Gasteiger partial charge in [0.1, 0.15) is 11.5 Å². The fourth-order valence-electron chi connectivity index (χ4n) is 2.00. The fourth-order valence-corrected chi connectivity index (χ4v) is 2.82. The van der Waals surface area contributed by atoms with Crippen LogP contribution in [0, 0.1) is 10.1 Å². The molecule has 0 unspecified atom stereocenters. The number of thiophene rings is 1. The topological polar surface area (TPSA) is 97.7 Å². The van der Waals surface area contributed by atoms with E-state index in [-0.39, 0.29) is 11.6 Å². The van der Waals surface area contributed by atoms with E-state index in [0.717, 1.165) is 0 Å². The van der Waals surface area contributed by atoms with Gasteiger partial charge < -0.3 is 4.42 Å². The van der Waals surface area contributed by atoms with Crippen LogP contribution >= 0.6 is 22.9 Å². The lowest BCUT2D eigenvalue weighted by atomic mass is 10.1. The molecule has 7 nitrogen and oxygen atoms in total. The SMILES string of the molecule is O=C(N/N=C\c1ccc(-c2cc([N+](=O)[O-])ccc2Cl)o1)c1cccs1. The summed E-state index contributed by atoms with van der Waals surface area (Å²) in [6.45, 7) is 0. The van der Waals surface area contributed by atoms with Gasteiger partial charge in [-0.25, -0.2) is 5.43 Å². The molecule has 25 heavy (non-hydrogen) atoms. The second-order valence-corrected chi connectivity index (χ2v) is 6.15. The van der Waals surface area contributed by atoms with Gasteiger partial charge in [-0.05, 0) is 29.6 Å². The number of non-ortho nitro benzene ring substituents is 1. The van der Waals surface area contributed by atoms with Gasteiger partial charge in [0.25, 0.3) is 11.6 Å². The molecular formula is C16H10ClN3O4S. The zero-order chi connectivity index (χ0) is 17.8. The number of benzene rings is 1. The van der Waals surface area contributed by atoms with E-state index in [1.807, 2.05) is 0 Å². The minimum absolute atomic E-state index is 0.0887. The summed E-state index contributed by atoms with van der Waals surface area (Å²) >= 11 is 7.38. The number of nitrogens with zero attached hydrogens (tertiary/aromatic N) is 2. The molecule has 1 N–H and O–H groups in total. The van der Waals surface area contributed by atoms with Gasteiger partial charge in [0.05, 0.1) is 21.0 Å². The quantitative estimate of drug-likeness (QED) is 0.407. The van der Waals surface area contributed by atoms with Crippen LogP contribution in [0.5, 0.6) is 0 Å². The highest BCUT2D eigenvalue weighted by atomic mass is 35.5. The number of nitrogens with one attached hydrogen (secondary N) is 1. The number of carbonyl (C=O) groups excluding carboxylic acids is 1. The molecule has 0 aliphatic heterocycles. The van der Waals surface area contributed by atoms with E-state index in [0.29, 0.717) is 27.0 Å². The molecule has 0 spiro atoms. The molecule has 1 aromatic carbocycles. The van der Waals surface area contributed by atoms with Gasteiger partial charge in [0, 0.05) is 17.7 Å². The molecule has 2 aromatic heterocycles. The Morgan fingerprint density at radius 1 is 1.32 bits per heavy atom. The number of furan rings is 1. The summed E-state index contributed by atoms with van der Waals surface area (Å²) in [6, 6.07) is 10.8. The van der Waals surface area contributed by atoms with Crippen molar-refractivity contribution in [3.05, 3.63) is 73.6 Å². The predicted molar refractivity (Wildman–Crippen MR) is 95.2 cm³/mol. The third-order valence-electron chi connectivity index (χ3n) is 3.16. The number of amides is 1. The zero-order valence-corrected chi connectivity index (χ0v) is 14.1. The highest BCUT2D eigenvalue weighted by Gasteiger charge is 2.14. The summed E-state index contributed by atoms with van der Waals surface area (Å²) in [5.74, 6) is 0.406. The van der Waals surface area contributed by atoms with Crippen molar-refractivity contribution in [2.75, 3.05) is 0 Å². The lowest BCUT2D eigenvalue weighted by Crippen LogP contribution is -2.15. The van der Waals surface area contributed by atoms with E-state index < -0.39 is 4.92 Å². The minimum Gasteiger partial charge on any atom is -0.455 e. The number of hydrogen-bond donors (Lipinski definition) is 1. The average molecular weight is 376 g/mol. The maximum absolute atomic E-state index is 11.7. The number of nitro groups is 1. The van der Waals surface area contributed by atoms with Crippen LogP contribution in [-0.2, 0) is 0 Å². The van der Waals surface area contributed by atoms with Crippen LogP contribution in [0.1, 0.15) is 15.4 Å². The van der Waals surface area contributed by atoms with Gasteiger partial charge in [-0.2, -0.15) is 5.10 Å². The van der Waals surface area contributed by atoms with Crippen molar-refractivity contribution < 1.29 is 14.1 Å². The summed E-state index contributed by atoms with van der Waals surface area (Å²) in [5, 5.41) is 16.8. The van der Waals surface area contributed by atoms with Crippen LogP contribution in [0.15, 0.2) is 57.4 Å². The Hall–Kier alpha value is -2.97. The zero-order valence-electron chi connectivity index (χ0n) is 12.5. The van der Waals surface area contributed by atoms with Crippen LogP contribution in [0.2, 0.25) is 5.02 Å². The van der Waals surface area contributed by atoms with E-state index in [1.165, 1.54) is 35.8 Å². The summed E-state index contributed by atoms with van der Waals surface area (Å²) in [7, 11) is 0. The first-order chi connectivity index (χ1) is 12.0. The molecule has 126 valence electrons.